The van der Waals surface area contributed by atoms with E-state index in [1.165, 1.54) is 4.90 Å². The number of amides is 3. The summed E-state index contributed by atoms with van der Waals surface area (Å²) in [6.07, 6.45) is 3.78. The van der Waals surface area contributed by atoms with Crippen molar-refractivity contribution < 1.29 is 14.4 Å². The average molecular weight is 420 g/mol. The first kappa shape index (κ1) is 21.6. The topological polar surface area (TPSA) is 60.9 Å². The van der Waals surface area contributed by atoms with Crippen LogP contribution in [0.1, 0.15) is 45.1 Å². The summed E-state index contributed by atoms with van der Waals surface area (Å²) in [5.74, 6) is 0.201. The van der Waals surface area contributed by atoms with E-state index in [1.54, 1.807) is 21.9 Å². The summed E-state index contributed by atoms with van der Waals surface area (Å²) in [5, 5.41) is 0.589. The molecule has 29 heavy (non-hydrogen) atoms. The Labute approximate surface area is 177 Å². The molecule has 2 fully saturated rings. The quantitative estimate of drug-likeness (QED) is 0.648. The highest BCUT2D eigenvalue weighted by molar-refractivity contribution is 6.31. The Morgan fingerprint density at radius 2 is 1.93 bits per heavy atom. The van der Waals surface area contributed by atoms with Crippen LogP contribution in [-0.4, -0.2) is 53.8 Å². The number of benzene rings is 1. The van der Waals surface area contributed by atoms with Gasteiger partial charge in [0.25, 0.3) is 0 Å². The second kappa shape index (κ2) is 9.16. The zero-order chi connectivity index (χ0) is 21.1. The molecule has 0 N–H and O–H groups in total. The number of halogens is 1. The van der Waals surface area contributed by atoms with Gasteiger partial charge in [-0.1, -0.05) is 31.5 Å². The Bertz CT molecular complexity index is 790. The van der Waals surface area contributed by atoms with Crippen LogP contribution in [0.25, 0.3) is 0 Å². The highest BCUT2D eigenvalue weighted by atomic mass is 35.5. The molecule has 158 valence electrons. The highest BCUT2D eigenvalue weighted by Crippen LogP contribution is 2.31. The molecule has 0 unspecified atom stereocenters. The SMILES string of the molecule is CCC(CC)C(=O)N(CC(=O)N1CC(=O)N(c2cccc(Cl)c2C)C1)CC1CC1. The highest BCUT2D eigenvalue weighted by Gasteiger charge is 2.36. The fourth-order valence-corrected chi connectivity index (χ4v) is 3.99. The minimum Gasteiger partial charge on any atom is -0.333 e. The first-order valence-electron chi connectivity index (χ1n) is 10.5. The lowest BCUT2D eigenvalue weighted by atomic mass is 10.0. The largest absolute Gasteiger partial charge is 0.333 e. The van der Waals surface area contributed by atoms with Crippen molar-refractivity contribution in [2.75, 3.05) is 31.2 Å². The van der Waals surface area contributed by atoms with Crippen LogP contribution >= 0.6 is 11.6 Å². The van der Waals surface area contributed by atoms with Crippen LogP contribution in [0.3, 0.4) is 0 Å². The van der Waals surface area contributed by atoms with E-state index in [2.05, 4.69) is 0 Å². The average Bonchev–Trinajstić information content (AvgIpc) is 3.43. The van der Waals surface area contributed by atoms with Crippen molar-refractivity contribution >= 4 is 35.0 Å². The van der Waals surface area contributed by atoms with Crippen molar-refractivity contribution in [1.82, 2.24) is 9.80 Å². The van der Waals surface area contributed by atoms with Crippen molar-refractivity contribution in [1.29, 1.82) is 0 Å². The molecule has 1 saturated heterocycles. The summed E-state index contributed by atoms with van der Waals surface area (Å²) in [5.41, 5.74) is 1.54. The van der Waals surface area contributed by atoms with Crippen LogP contribution in [0.15, 0.2) is 18.2 Å². The van der Waals surface area contributed by atoms with Gasteiger partial charge in [0.15, 0.2) is 0 Å². The second-order valence-electron chi connectivity index (χ2n) is 8.11. The molecule has 1 aromatic carbocycles. The third-order valence-electron chi connectivity index (χ3n) is 5.97. The van der Waals surface area contributed by atoms with Crippen LogP contribution in [0, 0.1) is 18.8 Å². The van der Waals surface area contributed by atoms with Crippen molar-refractivity contribution in [3.63, 3.8) is 0 Å². The van der Waals surface area contributed by atoms with Gasteiger partial charge in [0, 0.05) is 23.2 Å². The van der Waals surface area contributed by atoms with Gasteiger partial charge in [0.1, 0.15) is 13.2 Å². The van der Waals surface area contributed by atoms with E-state index in [0.29, 0.717) is 17.5 Å². The van der Waals surface area contributed by atoms with Crippen LogP contribution in [0.2, 0.25) is 5.02 Å². The van der Waals surface area contributed by atoms with Crippen LogP contribution in [0.4, 0.5) is 5.69 Å². The monoisotopic (exact) mass is 419 g/mol. The lowest BCUT2D eigenvalue weighted by Gasteiger charge is -2.28. The van der Waals surface area contributed by atoms with Gasteiger partial charge in [-0.25, -0.2) is 0 Å². The molecule has 1 heterocycles. The minimum atomic E-state index is -0.180. The summed E-state index contributed by atoms with van der Waals surface area (Å²) in [7, 11) is 0. The molecule has 0 aromatic heterocycles. The van der Waals surface area contributed by atoms with Gasteiger partial charge in [-0.2, -0.15) is 0 Å². The molecule has 2 aliphatic rings. The summed E-state index contributed by atoms with van der Waals surface area (Å²) in [6, 6.07) is 5.42. The number of carbonyl (C=O) groups excluding carboxylic acids is 3. The standard InChI is InChI=1S/C22H30ClN3O3/c1-4-17(5-2)22(29)24(11-16-9-10-16)12-20(27)25-13-21(28)26(14-25)19-8-6-7-18(23)15(19)3/h6-8,16-17H,4-5,9-14H2,1-3H3. The van der Waals surface area contributed by atoms with E-state index in [0.717, 1.165) is 36.9 Å². The Hall–Kier alpha value is -2.08. The van der Waals surface area contributed by atoms with E-state index in [-0.39, 0.29) is 43.4 Å². The van der Waals surface area contributed by atoms with Crippen LogP contribution < -0.4 is 4.90 Å². The Morgan fingerprint density at radius 1 is 1.24 bits per heavy atom. The number of hydrogen-bond donors (Lipinski definition) is 0. The summed E-state index contributed by atoms with van der Waals surface area (Å²) in [4.78, 5) is 43.3. The normalized spacial score (nSPS) is 16.7. The summed E-state index contributed by atoms with van der Waals surface area (Å²) in [6.45, 7) is 6.78. The third kappa shape index (κ3) is 4.92. The fraction of sp³-hybridized carbons (Fsp3) is 0.591. The third-order valence-corrected chi connectivity index (χ3v) is 6.38. The van der Waals surface area contributed by atoms with E-state index in [4.69, 9.17) is 11.6 Å². The lowest BCUT2D eigenvalue weighted by molar-refractivity contribution is -0.143. The van der Waals surface area contributed by atoms with Crippen molar-refractivity contribution in [2.45, 2.75) is 46.5 Å². The maximum absolute atomic E-state index is 13.0. The van der Waals surface area contributed by atoms with Gasteiger partial charge in [0.2, 0.25) is 17.7 Å². The fourth-order valence-electron chi connectivity index (χ4n) is 3.82. The molecule has 0 bridgehead atoms. The first-order chi connectivity index (χ1) is 13.8. The number of nitrogens with zero attached hydrogens (tertiary/aromatic N) is 3. The molecule has 6 nitrogen and oxygen atoms in total. The molecule has 0 atom stereocenters. The maximum atomic E-state index is 13.0. The van der Waals surface area contributed by atoms with Crippen molar-refractivity contribution in [2.24, 2.45) is 11.8 Å². The molecular formula is C22H30ClN3O3. The van der Waals surface area contributed by atoms with Crippen LogP contribution in [-0.2, 0) is 14.4 Å². The van der Waals surface area contributed by atoms with Gasteiger partial charge in [-0.15, -0.1) is 0 Å². The predicted molar refractivity (Wildman–Crippen MR) is 114 cm³/mol. The van der Waals surface area contributed by atoms with Crippen molar-refractivity contribution in [3.8, 4) is 0 Å². The first-order valence-corrected chi connectivity index (χ1v) is 10.9. The number of anilines is 1. The summed E-state index contributed by atoms with van der Waals surface area (Å²) >= 11 is 6.19. The van der Waals surface area contributed by atoms with E-state index in [9.17, 15) is 14.4 Å². The zero-order valence-corrected chi connectivity index (χ0v) is 18.2. The Balaban J connectivity index is 1.69. The molecule has 1 aliphatic carbocycles. The Kier molecular flexibility index (Phi) is 6.83. The molecule has 1 aromatic rings. The summed E-state index contributed by atoms with van der Waals surface area (Å²) < 4.78 is 0. The second-order valence-corrected chi connectivity index (χ2v) is 8.52. The molecule has 3 amide bonds. The van der Waals surface area contributed by atoms with Gasteiger partial charge in [-0.3, -0.25) is 19.3 Å². The molecule has 1 aliphatic heterocycles. The van der Waals surface area contributed by atoms with E-state index < -0.39 is 0 Å². The molecule has 3 rings (SSSR count). The molecule has 7 heteroatoms. The number of rotatable bonds is 8. The van der Waals surface area contributed by atoms with Gasteiger partial charge >= 0.3 is 0 Å². The van der Waals surface area contributed by atoms with Crippen LogP contribution in [0.5, 0.6) is 0 Å². The molecular weight excluding hydrogens is 390 g/mol. The number of carbonyl (C=O) groups is 3. The predicted octanol–water partition coefficient (Wildman–Crippen LogP) is 3.46. The maximum Gasteiger partial charge on any atom is 0.248 e. The lowest BCUT2D eigenvalue weighted by Crippen LogP contribution is -2.45. The minimum absolute atomic E-state index is 0.0290. The smallest absolute Gasteiger partial charge is 0.248 e. The van der Waals surface area contributed by atoms with E-state index in [1.807, 2.05) is 26.8 Å². The van der Waals surface area contributed by atoms with E-state index >= 15 is 0 Å². The van der Waals surface area contributed by atoms with Gasteiger partial charge in [0.05, 0.1) is 6.54 Å². The number of hydrogen-bond acceptors (Lipinski definition) is 3. The molecule has 1 saturated carbocycles. The van der Waals surface area contributed by atoms with Crippen molar-refractivity contribution in [3.05, 3.63) is 28.8 Å². The Morgan fingerprint density at radius 3 is 2.55 bits per heavy atom. The zero-order valence-electron chi connectivity index (χ0n) is 17.5. The van der Waals surface area contributed by atoms with Gasteiger partial charge < -0.3 is 9.80 Å². The van der Waals surface area contributed by atoms with Gasteiger partial charge in [-0.05, 0) is 56.2 Å². The molecule has 0 radical (unpaired) electrons. The molecule has 0 spiro atoms.